The largest absolute Gasteiger partial charge is 0.462 e. The summed E-state index contributed by atoms with van der Waals surface area (Å²) in [5, 5.41) is 14.8. The van der Waals surface area contributed by atoms with Crippen LogP contribution in [0.25, 0.3) is 5.69 Å². The molecule has 1 atom stereocenters. The van der Waals surface area contributed by atoms with Crippen molar-refractivity contribution in [1.82, 2.24) is 25.5 Å². The Bertz CT molecular complexity index is 492. The number of hydrogen-bond acceptors (Lipinski definition) is 5. The van der Waals surface area contributed by atoms with Crippen LogP contribution in [0.1, 0.15) is 6.42 Å². The van der Waals surface area contributed by atoms with Crippen molar-refractivity contribution in [2.75, 3.05) is 19.7 Å². The average molecular weight is 245 g/mol. The first-order valence-corrected chi connectivity index (χ1v) is 6.11. The van der Waals surface area contributed by atoms with Gasteiger partial charge in [-0.3, -0.25) is 0 Å². The molecule has 2 heterocycles. The molecule has 1 saturated heterocycles. The van der Waals surface area contributed by atoms with Gasteiger partial charge >= 0.3 is 6.01 Å². The second-order valence-corrected chi connectivity index (χ2v) is 4.38. The van der Waals surface area contributed by atoms with Gasteiger partial charge in [0, 0.05) is 12.5 Å². The van der Waals surface area contributed by atoms with Crippen molar-refractivity contribution in [2.24, 2.45) is 5.92 Å². The maximum absolute atomic E-state index is 5.70. The van der Waals surface area contributed by atoms with E-state index in [0.717, 1.165) is 25.2 Å². The van der Waals surface area contributed by atoms with Crippen LogP contribution in [0.3, 0.4) is 0 Å². The lowest BCUT2D eigenvalue weighted by molar-refractivity contribution is 0.235. The minimum absolute atomic E-state index is 0.452. The smallest absolute Gasteiger partial charge is 0.340 e. The molecule has 1 unspecified atom stereocenters. The summed E-state index contributed by atoms with van der Waals surface area (Å²) in [5.74, 6) is 0.547. The topological polar surface area (TPSA) is 64.9 Å². The molecule has 94 valence electrons. The van der Waals surface area contributed by atoms with Crippen molar-refractivity contribution in [3.8, 4) is 11.7 Å². The van der Waals surface area contributed by atoms with Gasteiger partial charge in [-0.05, 0) is 35.5 Å². The van der Waals surface area contributed by atoms with Crippen molar-refractivity contribution >= 4 is 0 Å². The highest BCUT2D eigenvalue weighted by Crippen LogP contribution is 2.15. The summed E-state index contributed by atoms with van der Waals surface area (Å²) < 4.78 is 7.32. The summed E-state index contributed by atoms with van der Waals surface area (Å²) in [6.07, 6.45) is 1.15. The van der Waals surface area contributed by atoms with Crippen molar-refractivity contribution in [3.05, 3.63) is 30.3 Å². The minimum atomic E-state index is 0.452. The molecular weight excluding hydrogens is 230 g/mol. The number of nitrogens with one attached hydrogen (secondary N) is 1. The van der Waals surface area contributed by atoms with Crippen LogP contribution >= 0.6 is 0 Å². The summed E-state index contributed by atoms with van der Waals surface area (Å²) in [7, 11) is 0. The molecule has 18 heavy (non-hydrogen) atoms. The Labute approximate surface area is 105 Å². The van der Waals surface area contributed by atoms with Gasteiger partial charge in [0.15, 0.2) is 0 Å². The van der Waals surface area contributed by atoms with Crippen LogP contribution in [-0.4, -0.2) is 39.9 Å². The number of aromatic nitrogens is 4. The molecule has 0 radical (unpaired) electrons. The molecule has 0 aliphatic carbocycles. The van der Waals surface area contributed by atoms with E-state index in [1.165, 1.54) is 0 Å². The summed E-state index contributed by atoms with van der Waals surface area (Å²) >= 11 is 0. The molecule has 1 aromatic carbocycles. The lowest BCUT2D eigenvalue weighted by atomic mass is 10.1. The van der Waals surface area contributed by atoms with Gasteiger partial charge in [-0.15, -0.1) is 0 Å². The van der Waals surface area contributed by atoms with Gasteiger partial charge in [-0.2, -0.15) is 4.68 Å². The molecule has 0 amide bonds. The molecule has 6 heteroatoms. The predicted octanol–water partition coefficient (Wildman–Crippen LogP) is 0.651. The van der Waals surface area contributed by atoms with E-state index in [9.17, 15) is 0 Å². The van der Waals surface area contributed by atoms with Gasteiger partial charge in [-0.1, -0.05) is 23.3 Å². The number of ether oxygens (including phenoxy) is 1. The van der Waals surface area contributed by atoms with E-state index in [4.69, 9.17) is 4.74 Å². The van der Waals surface area contributed by atoms with Crippen LogP contribution in [-0.2, 0) is 0 Å². The number of benzene rings is 1. The lowest BCUT2D eigenvalue weighted by Crippen LogP contribution is -2.17. The highest BCUT2D eigenvalue weighted by atomic mass is 16.5. The summed E-state index contributed by atoms with van der Waals surface area (Å²) in [4.78, 5) is 0. The molecule has 1 fully saturated rings. The molecule has 1 N–H and O–H groups in total. The average Bonchev–Trinajstić information content (AvgIpc) is 3.09. The SMILES string of the molecule is c1ccc(-n2nnnc2OCC2CCNC2)cc1. The molecule has 2 aromatic rings. The van der Waals surface area contributed by atoms with Crippen LogP contribution in [0, 0.1) is 5.92 Å². The Hall–Kier alpha value is -1.95. The number of nitrogens with zero attached hydrogens (tertiary/aromatic N) is 4. The third-order valence-electron chi connectivity index (χ3n) is 3.05. The zero-order valence-corrected chi connectivity index (χ0v) is 9.99. The van der Waals surface area contributed by atoms with Crippen LogP contribution in [0.2, 0.25) is 0 Å². The van der Waals surface area contributed by atoms with E-state index >= 15 is 0 Å². The van der Waals surface area contributed by atoms with Crippen LogP contribution in [0.4, 0.5) is 0 Å². The number of tetrazole rings is 1. The molecule has 1 aromatic heterocycles. The standard InChI is InChI=1S/C12H15N5O/c1-2-4-11(5-3-1)17-12(14-15-16-17)18-9-10-6-7-13-8-10/h1-5,10,13H,6-9H2. The maximum atomic E-state index is 5.70. The minimum Gasteiger partial charge on any atom is -0.462 e. The second kappa shape index (κ2) is 5.14. The third kappa shape index (κ3) is 2.33. The van der Waals surface area contributed by atoms with Gasteiger partial charge in [-0.25, -0.2) is 0 Å². The Morgan fingerprint density at radius 1 is 1.33 bits per heavy atom. The Kier molecular flexibility index (Phi) is 3.18. The normalized spacial score (nSPS) is 19.0. The summed E-state index contributed by atoms with van der Waals surface area (Å²) in [6.45, 7) is 2.73. The number of rotatable bonds is 4. The van der Waals surface area contributed by atoms with Crippen molar-refractivity contribution in [3.63, 3.8) is 0 Å². The zero-order valence-electron chi connectivity index (χ0n) is 9.99. The molecule has 0 bridgehead atoms. The van der Waals surface area contributed by atoms with Gasteiger partial charge in [0.2, 0.25) is 0 Å². The quantitative estimate of drug-likeness (QED) is 0.856. The van der Waals surface area contributed by atoms with Gasteiger partial charge in [0.05, 0.1) is 12.3 Å². The molecule has 0 saturated carbocycles. The van der Waals surface area contributed by atoms with Gasteiger partial charge in [0.25, 0.3) is 0 Å². The molecular formula is C12H15N5O. The molecule has 1 aliphatic heterocycles. The Morgan fingerprint density at radius 3 is 3.00 bits per heavy atom. The highest BCUT2D eigenvalue weighted by Gasteiger charge is 2.17. The predicted molar refractivity (Wildman–Crippen MR) is 65.6 cm³/mol. The first-order chi connectivity index (χ1) is 8.93. The van der Waals surface area contributed by atoms with E-state index in [1.54, 1.807) is 4.68 Å². The first-order valence-electron chi connectivity index (χ1n) is 6.11. The lowest BCUT2D eigenvalue weighted by Gasteiger charge is -2.09. The fourth-order valence-corrected chi connectivity index (χ4v) is 2.05. The second-order valence-electron chi connectivity index (χ2n) is 4.38. The molecule has 0 spiro atoms. The third-order valence-corrected chi connectivity index (χ3v) is 3.05. The number of hydrogen-bond donors (Lipinski definition) is 1. The van der Waals surface area contributed by atoms with Gasteiger partial charge in [0.1, 0.15) is 0 Å². The van der Waals surface area contributed by atoms with Crippen LogP contribution < -0.4 is 10.1 Å². The van der Waals surface area contributed by atoms with E-state index in [-0.39, 0.29) is 0 Å². The summed E-state index contributed by atoms with van der Waals surface area (Å²) in [5.41, 5.74) is 0.905. The van der Waals surface area contributed by atoms with E-state index in [0.29, 0.717) is 18.5 Å². The first kappa shape index (κ1) is 11.2. The van der Waals surface area contributed by atoms with Crippen molar-refractivity contribution in [2.45, 2.75) is 6.42 Å². The van der Waals surface area contributed by atoms with Crippen molar-refractivity contribution in [1.29, 1.82) is 0 Å². The zero-order chi connectivity index (χ0) is 12.2. The maximum Gasteiger partial charge on any atom is 0.340 e. The monoisotopic (exact) mass is 245 g/mol. The Morgan fingerprint density at radius 2 is 2.22 bits per heavy atom. The number of para-hydroxylation sites is 1. The van der Waals surface area contributed by atoms with Crippen LogP contribution in [0.15, 0.2) is 30.3 Å². The summed E-state index contributed by atoms with van der Waals surface area (Å²) in [6, 6.07) is 10.2. The van der Waals surface area contributed by atoms with E-state index in [1.807, 2.05) is 30.3 Å². The fraction of sp³-hybridized carbons (Fsp3) is 0.417. The molecule has 1 aliphatic rings. The molecule has 6 nitrogen and oxygen atoms in total. The van der Waals surface area contributed by atoms with E-state index in [2.05, 4.69) is 20.8 Å². The highest BCUT2D eigenvalue weighted by molar-refractivity contribution is 5.31. The molecule has 3 rings (SSSR count). The van der Waals surface area contributed by atoms with E-state index < -0.39 is 0 Å². The Balaban J connectivity index is 1.71. The van der Waals surface area contributed by atoms with Crippen molar-refractivity contribution < 1.29 is 4.74 Å². The fourth-order valence-electron chi connectivity index (χ4n) is 2.05. The van der Waals surface area contributed by atoms with Crippen LogP contribution in [0.5, 0.6) is 6.01 Å². The van der Waals surface area contributed by atoms with Gasteiger partial charge < -0.3 is 10.1 Å².